The summed E-state index contributed by atoms with van der Waals surface area (Å²) in [5.74, 6) is -1.04. The molecule has 4 nitrogen and oxygen atoms in total. The summed E-state index contributed by atoms with van der Waals surface area (Å²) in [7, 11) is 1.53. The number of rotatable bonds is 11. The Labute approximate surface area is 110 Å². The second kappa shape index (κ2) is 10.8. The van der Waals surface area contributed by atoms with Gasteiger partial charge in [0.25, 0.3) is 0 Å². The predicted octanol–water partition coefficient (Wildman–Crippen LogP) is 2.84. The van der Waals surface area contributed by atoms with Crippen LogP contribution in [0.1, 0.15) is 51.4 Å². The molecular weight excluding hydrogens is 230 g/mol. The van der Waals surface area contributed by atoms with Crippen molar-refractivity contribution in [1.29, 1.82) is 0 Å². The molecule has 0 saturated heterocycles. The molecule has 0 saturated carbocycles. The number of allylic oxidation sites excluding steroid dienone is 1. The number of hydrogen-bond donors (Lipinski definition) is 1. The van der Waals surface area contributed by atoms with E-state index in [9.17, 15) is 9.59 Å². The van der Waals surface area contributed by atoms with Gasteiger partial charge in [0, 0.05) is 13.5 Å². The monoisotopic (exact) mass is 255 g/mol. The number of carbonyl (C=O) groups is 2. The molecule has 0 aromatic rings. The number of carbonyl (C=O) groups excluding carboxylic acids is 1. The molecule has 0 atom stereocenters. The molecule has 1 amide bonds. The van der Waals surface area contributed by atoms with Gasteiger partial charge in [0.1, 0.15) is 6.54 Å². The van der Waals surface area contributed by atoms with Crippen molar-refractivity contribution in [3.8, 4) is 0 Å². The van der Waals surface area contributed by atoms with E-state index < -0.39 is 5.97 Å². The van der Waals surface area contributed by atoms with Gasteiger partial charge in [-0.15, -0.1) is 6.58 Å². The van der Waals surface area contributed by atoms with Gasteiger partial charge in [-0.2, -0.15) is 0 Å². The van der Waals surface area contributed by atoms with Crippen LogP contribution in [-0.4, -0.2) is 35.5 Å². The molecule has 0 spiro atoms. The van der Waals surface area contributed by atoms with E-state index in [-0.39, 0.29) is 12.5 Å². The minimum absolute atomic E-state index is 0.0796. The van der Waals surface area contributed by atoms with Crippen LogP contribution in [0, 0.1) is 0 Å². The van der Waals surface area contributed by atoms with E-state index >= 15 is 0 Å². The standard InChI is InChI=1S/C14H25NO3/c1-3-4-5-6-7-8-9-10-11-13(16)15(2)12-14(17)18/h3H,1,4-12H2,2H3,(H,17,18). The van der Waals surface area contributed by atoms with Crippen molar-refractivity contribution in [1.82, 2.24) is 4.90 Å². The second-order valence-corrected chi connectivity index (χ2v) is 4.59. The maximum Gasteiger partial charge on any atom is 0.323 e. The summed E-state index contributed by atoms with van der Waals surface area (Å²) in [5, 5.41) is 8.54. The summed E-state index contributed by atoms with van der Waals surface area (Å²) in [6, 6.07) is 0. The van der Waals surface area contributed by atoms with Crippen LogP contribution in [0.2, 0.25) is 0 Å². The molecule has 0 bridgehead atoms. The first kappa shape index (κ1) is 16.7. The summed E-state index contributed by atoms with van der Waals surface area (Å²) in [4.78, 5) is 23.2. The van der Waals surface area contributed by atoms with Gasteiger partial charge in [0.05, 0.1) is 0 Å². The number of likely N-dealkylation sites (N-methyl/N-ethyl adjacent to an activating group) is 1. The Morgan fingerprint density at radius 1 is 1.11 bits per heavy atom. The van der Waals surface area contributed by atoms with Crippen molar-refractivity contribution in [3.63, 3.8) is 0 Å². The number of amides is 1. The largest absolute Gasteiger partial charge is 0.480 e. The van der Waals surface area contributed by atoms with Crippen LogP contribution >= 0.6 is 0 Å². The zero-order valence-electron chi connectivity index (χ0n) is 11.4. The Kier molecular flexibility index (Phi) is 10.0. The Bertz CT molecular complexity index is 264. The summed E-state index contributed by atoms with van der Waals surface area (Å²) < 4.78 is 0. The molecule has 0 aromatic carbocycles. The molecule has 0 aliphatic carbocycles. The van der Waals surface area contributed by atoms with Gasteiger partial charge in [-0.1, -0.05) is 31.8 Å². The van der Waals surface area contributed by atoms with Gasteiger partial charge in [0.2, 0.25) is 5.91 Å². The van der Waals surface area contributed by atoms with Gasteiger partial charge < -0.3 is 10.0 Å². The van der Waals surface area contributed by atoms with Crippen LogP contribution in [-0.2, 0) is 9.59 Å². The number of carboxylic acids is 1. The Morgan fingerprint density at radius 2 is 1.67 bits per heavy atom. The molecule has 0 aromatic heterocycles. The molecular formula is C14H25NO3. The average molecular weight is 255 g/mol. The smallest absolute Gasteiger partial charge is 0.323 e. The summed E-state index contributed by atoms with van der Waals surface area (Å²) >= 11 is 0. The lowest BCUT2D eigenvalue weighted by molar-refractivity contribution is -0.143. The molecule has 1 N–H and O–H groups in total. The third-order valence-corrected chi connectivity index (χ3v) is 2.85. The van der Waals surface area contributed by atoms with E-state index in [0.29, 0.717) is 6.42 Å². The van der Waals surface area contributed by atoms with Crippen LogP contribution in [0.3, 0.4) is 0 Å². The zero-order chi connectivity index (χ0) is 13.8. The van der Waals surface area contributed by atoms with E-state index in [1.54, 1.807) is 0 Å². The summed E-state index contributed by atoms with van der Waals surface area (Å²) in [6.07, 6.45) is 10.1. The predicted molar refractivity (Wildman–Crippen MR) is 72.4 cm³/mol. The fraction of sp³-hybridized carbons (Fsp3) is 0.714. The second-order valence-electron chi connectivity index (χ2n) is 4.59. The van der Waals surface area contributed by atoms with Gasteiger partial charge in [-0.25, -0.2) is 0 Å². The van der Waals surface area contributed by atoms with Crippen molar-refractivity contribution in [2.75, 3.05) is 13.6 Å². The van der Waals surface area contributed by atoms with Crippen molar-refractivity contribution >= 4 is 11.9 Å². The van der Waals surface area contributed by atoms with E-state index in [4.69, 9.17) is 5.11 Å². The minimum atomic E-state index is -0.965. The lowest BCUT2D eigenvalue weighted by Gasteiger charge is -2.14. The summed E-state index contributed by atoms with van der Waals surface area (Å²) in [5.41, 5.74) is 0. The molecule has 0 fully saturated rings. The minimum Gasteiger partial charge on any atom is -0.480 e. The number of nitrogens with zero attached hydrogens (tertiary/aromatic N) is 1. The first-order valence-electron chi connectivity index (χ1n) is 6.64. The first-order valence-corrected chi connectivity index (χ1v) is 6.64. The number of unbranched alkanes of at least 4 members (excludes halogenated alkanes) is 6. The quantitative estimate of drug-likeness (QED) is 0.456. The van der Waals surface area contributed by atoms with Gasteiger partial charge in [-0.3, -0.25) is 9.59 Å². The lowest BCUT2D eigenvalue weighted by Crippen LogP contribution is -2.31. The average Bonchev–Trinajstić information content (AvgIpc) is 2.31. The van der Waals surface area contributed by atoms with Crippen LogP contribution in [0.25, 0.3) is 0 Å². The normalized spacial score (nSPS) is 10.1. The first-order chi connectivity index (χ1) is 8.57. The maximum atomic E-state index is 11.5. The number of aliphatic carboxylic acids is 1. The number of carboxylic acid groups (broad SMARTS) is 1. The van der Waals surface area contributed by atoms with Gasteiger partial charge in [0.15, 0.2) is 0 Å². The molecule has 0 aliphatic heterocycles. The summed E-state index contributed by atoms with van der Waals surface area (Å²) in [6.45, 7) is 3.47. The topological polar surface area (TPSA) is 57.6 Å². The van der Waals surface area contributed by atoms with Crippen molar-refractivity contribution in [2.45, 2.75) is 51.4 Å². The van der Waals surface area contributed by atoms with Crippen molar-refractivity contribution in [3.05, 3.63) is 12.7 Å². The SMILES string of the molecule is C=CCCCCCCCCC(=O)N(C)CC(=O)O. The van der Waals surface area contributed by atoms with E-state index in [2.05, 4.69) is 6.58 Å². The molecule has 4 heteroatoms. The molecule has 0 unspecified atom stereocenters. The molecule has 18 heavy (non-hydrogen) atoms. The van der Waals surface area contributed by atoms with E-state index in [0.717, 1.165) is 25.7 Å². The van der Waals surface area contributed by atoms with Crippen LogP contribution in [0.4, 0.5) is 0 Å². The molecule has 0 heterocycles. The lowest BCUT2D eigenvalue weighted by atomic mass is 10.1. The van der Waals surface area contributed by atoms with Crippen LogP contribution in [0.5, 0.6) is 0 Å². The third kappa shape index (κ3) is 9.87. The number of hydrogen-bond acceptors (Lipinski definition) is 2. The van der Waals surface area contributed by atoms with E-state index in [1.807, 2.05) is 6.08 Å². The Morgan fingerprint density at radius 3 is 2.22 bits per heavy atom. The van der Waals surface area contributed by atoms with Crippen molar-refractivity contribution in [2.24, 2.45) is 0 Å². The maximum absolute atomic E-state index is 11.5. The zero-order valence-corrected chi connectivity index (χ0v) is 11.4. The molecule has 0 aliphatic rings. The van der Waals surface area contributed by atoms with Gasteiger partial charge in [-0.05, 0) is 19.3 Å². The Balaban J connectivity index is 3.40. The van der Waals surface area contributed by atoms with Crippen molar-refractivity contribution < 1.29 is 14.7 Å². The highest BCUT2D eigenvalue weighted by atomic mass is 16.4. The molecule has 0 radical (unpaired) electrons. The highest BCUT2D eigenvalue weighted by Crippen LogP contribution is 2.09. The van der Waals surface area contributed by atoms with Crippen LogP contribution < -0.4 is 0 Å². The highest BCUT2D eigenvalue weighted by molar-refractivity contribution is 5.80. The highest BCUT2D eigenvalue weighted by Gasteiger charge is 2.10. The molecule has 0 rings (SSSR count). The Hall–Kier alpha value is -1.32. The van der Waals surface area contributed by atoms with E-state index in [1.165, 1.54) is 31.2 Å². The third-order valence-electron chi connectivity index (χ3n) is 2.85. The van der Waals surface area contributed by atoms with Gasteiger partial charge >= 0.3 is 5.97 Å². The molecule has 104 valence electrons. The fourth-order valence-electron chi connectivity index (χ4n) is 1.75. The van der Waals surface area contributed by atoms with Crippen LogP contribution in [0.15, 0.2) is 12.7 Å². The fourth-order valence-corrected chi connectivity index (χ4v) is 1.75.